The van der Waals surface area contributed by atoms with Crippen LogP contribution in [0.3, 0.4) is 0 Å². The van der Waals surface area contributed by atoms with E-state index < -0.39 is 48.9 Å². The Balaban J connectivity index is 1.85. The quantitative estimate of drug-likeness (QED) is 0.200. The fourth-order valence-electron chi connectivity index (χ4n) is 3.92. The third kappa shape index (κ3) is 5.63. The van der Waals surface area contributed by atoms with Crippen molar-refractivity contribution >= 4 is 17.1 Å². The average molecular weight is 456 g/mol. The Kier molecular flexibility index (Phi) is 8.57. The van der Waals surface area contributed by atoms with Crippen LogP contribution < -0.4 is 10.9 Å². The van der Waals surface area contributed by atoms with Gasteiger partial charge in [0, 0.05) is 6.42 Å². The van der Waals surface area contributed by atoms with Gasteiger partial charge in [0.25, 0.3) is 5.56 Å². The van der Waals surface area contributed by atoms with Crippen molar-refractivity contribution in [3.8, 4) is 0 Å². The van der Waals surface area contributed by atoms with Gasteiger partial charge in [0.1, 0.15) is 12.3 Å². The zero-order valence-corrected chi connectivity index (χ0v) is 18.1. The van der Waals surface area contributed by atoms with E-state index >= 15 is 0 Å². The molecule has 12 nitrogen and oxygen atoms in total. The fraction of sp³-hybridized carbons (Fsp3) is 0.750. The normalized spacial score (nSPS) is 24.0. The molecular weight excluding hydrogens is 422 g/mol. The minimum Gasteiger partial charge on any atom is -0.394 e. The first kappa shape index (κ1) is 24.6. The number of nitrogens with zero attached hydrogens (tertiary/aromatic N) is 3. The largest absolute Gasteiger partial charge is 0.394 e. The molecule has 1 unspecified atom stereocenters. The van der Waals surface area contributed by atoms with E-state index in [1.165, 1.54) is 10.9 Å². The molecule has 1 fully saturated rings. The minimum atomic E-state index is -1.04. The molecule has 2 aromatic rings. The second kappa shape index (κ2) is 11.2. The van der Waals surface area contributed by atoms with Gasteiger partial charge in [-0.05, 0) is 12.8 Å². The molecule has 1 saturated heterocycles. The number of fused-ring (bicyclic) bond motifs is 1. The molecular formula is C20H33N5O7. The van der Waals surface area contributed by atoms with Crippen LogP contribution in [0.2, 0.25) is 0 Å². The van der Waals surface area contributed by atoms with Gasteiger partial charge in [-0.25, -0.2) is 4.98 Å². The highest BCUT2D eigenvalue weighted by atomic mass is 16.5. The molecule has 1 aliphatic heterocycles. The molecule has 0 spiro atoms. The van der Waals surface area contributed by atoms with E-state index in [0.29, 0.717) is 6.42 Å². The number of aromatic amines is 1. The molecule has 3 heterocycles. The average Bonchev–Trinajstić information content (AvgIpc) is 3.36. The number of ether oxygens (including phenoxy) is 1. The molecule has 12 heteroatoms. The van der Waals surface area contributed by atoms with Crippen LogP contribution in [-0.2, 0) is 4.74 Å². The monoisotopic (exact) mass is 455 g/mol. The number of hydrogen-bond donors (Lipinski definition) is 7. The molecule has 7 N–H and O–H groups in total. The molecule has 0 radical (unpaired) electrons. The zero-order valence-electron chi connectivity index (χ0n) is 18.1. The van der Waals surface area contributed by atoms with Crippen LogP contribution >= 0.6 is 0 Å². The molecule has 180 valence electrons. The van der Waals surface area contributed by atoms with Gasteiger partial charge in [-0.1, -0.05) is 26.2 Å². The standard InChI is InChI=1S/C20H33N5O7/c1-2-3-4-5-13(29)12(6-11(28)8-26)22-20-23-18-17(19(31)24-20)21-10-25(18)16-7-14(30)15(9-27)32-16/h10-16,26-30H,2-9H2,1H3,(H2,22,23,24,31)/t11?,12-,13-,14-,15+,16+/m0/s1. The van der Waals surface area contributed by atoms with Crippen molar-refractivity contribution in [1.29, 1.82) is 0 Å². The predicted molar refractivity (Wildman–Crippen MR) is 115 cm³/mol. The van der Waals surface area contributed by atoms with E-state index in [0.717, 1.165) is 19.3 Å². The maximum absolute atomic E-state index is 12.6. The maximum Gasteiger partial charge on any atom is 0.280 e. The first-order valence-corrected chi connectivity index (χ1v) is 11.0. The Morgan fingerprint density at radius 3 is 2.78 bits per heavy atom. The molecule has 3 rings (SSSR count). The highest BCUT2D eigenvalue weighted by Crippen LogP contribution is 2.30. The summed E-state index contributed by atoms with van der Waals surface area (Å²) in [6.07, 6.45) is 0.772. The number of imidazole rings is 1. The van der Waals surface area contributed by atoms with E-state index in [4.69, 9.17) is 4.74 Å². The Labute approximate surface area is 184 Å². The number of nitrogens with one attached hydrogen (secondary N) is 2. The first-order valence-electron chi connectivity index (χ1n) is 11.0. The number of H-pyrrole nitrogens is 1. The molecule has 2 aromatic heterocycles. The summed E-state index contributed by atoms with van der Waals surface area (Å²) in [6.45, 7) is 1.26. The van der Waals surface area contributed by atoms with Gasteiger partial charge >= 0.3 is 0 Å². The van der Waals surface area contributed by atoms with Crippen LogP contribution in [0, 0.1) is 0 Å². The Morgan fingerprint density at radius 1 is 1.34 bits per heavy atom. The maximum atomic E-state index is 12.6. The molecule has 0 saturated carbocycles. The topological polar surface area (TPSA) is 186 Å². The second-order valence-electron chi connectivity index (χ2n) is 8.24. The van der Waals surface area contributed by atoms with Gasteiger partial charge in [-0.3, -0.25) is 14.3 Å². The van der Waals surface area contributed by atoms with Crippen LogP contribution in [0.15, 0.2) is 11.1 Å². The third-order valence-electron chi connectivity index (χ3n) is 5.75. The van der Waals surface area contributed by atoms with Crippen molar-refractivity contribution < 1.29 is 30.3 Å². The van der Waals surface area contributed by atoms with Crippen LogP contribution in [0.25, 0.3) is 11.2 Å². The highest BCUT2D eigenvalue weighted by Gasteiger charge is 2.35. The number of hydrogen-bond acceptors (Lipinski definition) is 10. The number of unbranched alkanes of at least 4 members (excludes halogenated alkanes) is 2. The van der Waals surface area contributed by atoms with Gasteiger partial charge in [0.15, 0.2) is 11.2 Å². The Morgan fingerprint density at radius 2 is 2.12 bits per heavy atom. The second-order valence-corrected chi connectivity index (χ2v) is 8.24. The number of aromatic nitrogens is 4. The molecule has 0 amide bonds. The van der Waals surface area contributed by atoms with Crippen LogP contribution in [0.5, 0.6) is 0 Å². The lowest BCUT2D eigenvalue weighted by Gasteiger charge is -2.26. The summed E-state index contributed by atoms with van der Waals surface area (Å²) in [4.78, 5) is 23.7. The van der Waals surface area contributed by atoms with Crippen molar-refractivity contribution in [2.45, 2.75) is 82.1 Å². The molecule has 32 heavy (non-hydrogen) atoms. The van der Waals surface area contributed by atoms with Gasteiger partial charge in [0.2, 0.25) is 5.95 Å². The molecule has 6 atom stereocenters. The summed E-state index contributed by atoms with van der Waals surface area (Å²) >= 11 is 0. The smallest absolute Gasteiger partial charge is 0.280 e. The van der Waals surface area contributed by atoms with Crippen LogP contribution in [0.4, 0.5) is 5.95 Å². The molecule has 0 bridgehead atoms. The van der Waals surface area contributed by atoms with Gasteiger partial charge in [0.05, 0.1) is 43.9 Å². The van der Waals surface area contributed by atoms with E-state index in [1.54, 1.807) is 0 Å². The Hall–Kier alpha value is -2.09. The van der Waals surface area contributed by atoms with Crippen molar-refractivity contribution in [2.75, 3.05) is 18.5 Å². The lowest BCUT2D eigenvalue weighted by molar-refractivity contribution is -0.0432. The lowest BCUT2D eigenvalue weighted by atomic mass is 9.99. The van der Waals surface area contributed by atoms with Crippen molar-refractivity contribution in [1.82, 2.24) is 19.5 Å². The SMILES string of the molecule is CCCCC[C@H](O)[C@H](CC(O)CO)Nc1nc2c(ncn2[C@H]2C[C@H](O)[C@@H](CO)O2)c(=O)[nH]1. The summed E-state index contributed by atoms with van der Waals surface area (Å²) in [5.41, 5.74) is -0.207. The number of rotatable bonds is 12. The van der Waals surface area contributed by atoms with Crippen LogP contribution in [0.1, 0.15) is 51.7 Å². The number of aliphatic hydroxyl groups is 5. The van der Waals surface area contributed by atoms with Crippen molar-refractivity contribution in [3.63, 3.8) is 0 Å². The number of anilines is 1. The molecule has 0 aromatic carbocycles. The lowest BCUT2D eigenvalue weighted by Crippen LogP contribution is -2.38. The summed E-state index contributed by atoms with van der Waals surface area (Å²) in [6, 6.07) is -0.658. The third-order valence-corrected chi connectivity index (χ3v) is 5.75. The fourth-order valence-corrected chi connectivity index (χ4v) is 3.92. The highest BCUT2D eigenvalue weighted by molar-refractivity contribution is 5.71. The molecule has 0 aliphatic carbocycles. The Bertz CT molecular complexity index is 919. The summed E-state index contributed by atoms with van der Waals surface area (Å²) < 4.78 is 7.16. The van der Waals surface area contributed by atoms with E-state index in [9.17, 15) is 30.3 Å². The van der Waals surface area contributed by atoms with E-state index in [-0.39, 0.29) is 36.6 Å². The summed E-state index contributed by atoms with van der Waals surface area (Å²) in [7, 11) is 0. The first-order chi connectivity index (χ1) is 15.4. The summed E-state index contributed by atoms with van der Waals surface area (Å²) in [5, 5.41) is 52.1. The predicted octanol–water partition coefficient (Wildman–Crippen LogP) is -0.775. The zero-order chi connectivity index (χ0) is 23.3. The van der Waals surface area contributed by atoms with Gasteiger partial charge in [-0.15, -0.1) is 0 Å². The van der Waals surface area contributed by atoms with Crippen LogP contribution in [-0.4, -0.2) is 88.7 Å². The minimum absolute atomic E-state index is 0.0565. The van der Waals surface area contributed by atoms with Gasteiger partial charge in [-0.2, -0.15) is 4.98 Å². The van der Waals surface area contributed by atoms with Crippen molar-refractivity contribution in [3.05, 3.63) is 16.7 Å². The molecule has 1 aliphatic rings. The van der Waals surface area contributed by atoms with Gasteiger partial charge < -0.3 is 35.6 Å². The van der Waals surface area contributed by atoms with E-state index in [1.807, 2.05) is 0 Å². The van der Waals surface area contributed by atoms with E-state index in [2.05, 4.69) is 27.2 Å². The van der Waals surface area contributed by atoms with Crippen molar-refractivity contribution in [2.24, 2.45) is 0 Å². The number of aliphatic hydroxyl groups excluding tert-OH is 5. The summed E-state index contributed by atoms with van der Waals surface area (Å²) in [5.74, 6) is 0.0752.